The van der Waals surface area contributed by atoms with Gasteiger partial charge in [0.1, 0.15) is 0 Å². The maximum atomic E-state index is 13.3. The van der Waals surface area contributed by atoms with Crippen molar-refractivity contribution in [2.75, 3.05) is 0 Å². The van der Waals surface area contributed by atoms with Crippen LogP contribution < -0.4 is 5.32 Å². The third kappa shape index (κ3) is 4.26. The molecule has 26 heavy (non-hydrogen) atoms. The molecule has 0 aliphatic heterocycles. The molecule has 2 aromatic rings. The Kier molecular flexibility index (Phi) is 5.64. The van der Waals surface area contributed by atoms with Crippen molar-refractivity contribution < 1.29 is 18.0 Å². The van der Waals surface area contributed by atoms with Crippen LogP contribution in [-0.4, -0.2) is 18.1 Å². The average Bonchev–Trinajstić information content (AvgIpc) is 2.63. The van der Waals surface area contributed by atoms with Gasteiger partial charge in [0.05, 0.1) is 11.8 Å². The minimum absolute atomic E-state index is 0.0792. The topological polar surface area (TPSA) is 29.1 Å². The lowest BCUT2D eigenvalue weighted by molar-refractivity contribution is -0.189. The van der Waals surface area contributed by atoms with E-state index in [0.29, 0.717) is 19.3 Å². The predicted octanol–water partition coefficient (Wildman–Crippen LogP) is 5.06. The monoisotopic (exact) mass is 361 g/mol. The number of carbonyl (C=O) groups is 1. The summed E-state index contributed by atoms with van der Waals surface area (Å²) in [5.74, 6) is -2.45. The summed E-state index contributed by atoms with van der Waals surface area (Å²) in [5, 5.41) is 2.71. The molecule has 2 nitrogen and oxygen atoms in total. The van der Waals surface area contributed by atoms with Gasteiger partial charge in [-0.2, -0.15) is 13.2 Å². The van der Waals surface area contributed by atoms with Crippen LogP contribution >= 0.6 is 0 Å². The third-order valence-corrected chi connectivity index (χ3v) is 5.04. The van der Waals surface area contributed by atoms with Gasteiger partial charge < -0.3 is 5.32 Å². The van der Waals surface area contributed by atoms with Crippen LogP contribution in [0.1, 0.15) is 42.7 Å². The quantitative estimate of drug-likeness (QED) is 0.811. The zero-order chi connectivity index (χ0) is 18.6. The van der Waals surface area contributed by atoms with Crippen molar-refractivity contribution in [3.05, 3.63) is 71.8 Å². The molecular weight excluding hydrogens is 339 g/mol. The molecule has 1 fully saturated rings. The summed E-state index contributed by atoms with van der Waals surface area (Å²) >= 11 is 0. The van der Waals surface area contributed by atoms with E-state index >= 15 is 0 Å². The van der Waals surface area contributed by atoms with Crippen molar-refractivity contribution in [1.82, 2.24) is 5.32 Å². The molecule has 1 N–H and O–H groups in total. The molecule has 138 valence electrons. The lowest BCUT2D eigenvalue weighted by atomic mass is 9.83. The van der Waals surface area contributed by atoms with Gasteiger partial charge in [-0.05, 0) is 24.0 Å². The van der Waals surface area contributed by atoms with Gasteiger partial charge in [-0.3, -0.25) is 4.79 Å². The zero-order valence-corrected chi connectivity index (χ0v) is 14.4. The van der Waals surface area contributed by atoms with Crippen LogP contribution in [0.25, 0.3) is 0 Å². The van der Waals surface area contributed by atoms with Crippen LogP contribution in [-0.2, 0) is 4.79 Å². The van der Waals surface area contributed by atoms with E-state index in [1.54, 1.807) is 0 Å². The van der Waals surface area contributed by atoms with E-state index in [1.165, 1.54) is 0 Å². The molecule has 2 atom stereocenters. The fourth-order valence-electron chi connectivity index (χ4n) is 3.75. The number of alkyl halides is 3. The van der Waals surface area contributed by atoms with E-state index in [-0.39, 0.29) is 12.3 Å². The molecule has 3 rings (SSSR count). The fraction of sp³-hybridized carbons (Fsp3) is 0.381. The number of rotatable bonds is 4. The second-order valence-electron chi connectivity index (χ2n) is 6.80. The molecule has 0 spiro atoms. The van der Waals surface area contributed by atoms with E-state index in [0.717, 1.165) is 11.1 Å². The first kappa shape index (κ1) is 18.5. The number of carbonyl (C=O) groups excluding carboxylic acids is 1. The molecule has 0 aromatic heterocycles. The number of nitrogens with one attached hydrogen (secondary N) is 1. The van der Waals surface area contributed by atoms with Crippen molar-refractivity contribution in [1.29, 1.82) is 0 Å². The van der Waals surface area contributed by atoms with Crippen molar-refractivity contribution in [2.24, 2.45) is 5.92 Å². The summed E-state index contributed by atoms with van der Waals surface area (Å²) in [7, 11) is 0. The van der Waals surface area contributed by atoms with Gasteiger partial charge in [-0.1, -0.05) is 73.5 Å². The van der Waals surface area contributed by atoms with Crippen molar-refractivity contribution in [2.45, 2.75) is 43.8 Å². The molecule has 1 saturated carbocycles. The highest BCUT2D eigenvalue weighted by atomic mass is 19.4. The molecule has 1 aliphatic carbocycles. The Morgan fingerprint density at radius 3 is 1.88 bits per heavy atom. The summed E-state index contributed by atoms with van der Waals surface area (Å²) in [6.07, 6.45) is -2.58. The van der Waals surface area contributed by atoms with Gasteiger partial charge in [0, 0.05) is 6.04 Å². The molecule has 2 aromatic carbocycles. The molecule has 1 amide bonds. The lowest BCUT2D eigenvalue weighted by Crippen LogP contribution is -2.49. The highest BCUT2D eigenvalue weighted by Crippen LogP contribution is 2.38. The van der Waals surface area contributed by atoms with Crippen LogP contribution in [0.15, 0.2) is 60.7 Å². The Morgan fingerprint density at radius 2 is 1.38 bits per heavy atom. The Labute approximate surface area is 151 Å². The van der Waals surface area contributed by atoms with Gasteiger partial charge in [0.25, 0.3) is 0 Å². The highest BCUT2D eigenvalue weighted by Gasteiger charge is 2.46. The zero-order valence-electron chi connectivity index (χ0n) is 14.4. The van der Waals surface area contributed by atoms with Crippen LogP contribution in [0.2, 0.25) is 0 Å². The van der Waals surface area contributed by atoms with E-state index in [2.05, 4.69) is 5.32 Å². The standard InChI is InChI=1S/C21H22F3NO/c22-21(23,24)17-13-7-8-14-18(17)25-20(26)19(15-9-3-1-4-10-15)16-11-5-2-6-12-16/h1-6,9-12,17-19H,7-8,13-14H2,(H,25,26)/t17-,18+/m1/s1. The Hall–Kier alpha value is -2.30. The molecular formula is C21H22F3NO. The number of amides is 1. The molecule has 0 unspecified atom stereocenters. The number of halogens is 3. The summed E-state index contributed by atoms with van der Waals surface area (Å²) in [4.78, 5) is 13.0. The largest absolute Gasteiger partial charge is 0.393 e. The molecule has 0 bridgehead atoms. The first-order valence-electron chi connectivity index (χ1n) is 8.94. The second kappa shape index (κ2) is 7.94. The van der Waals surface area contributed by atoms with Gasteiger partial charge in [0.2, 0.25) is 5.91 Å². The Bertz CT molecular complexity index is 676. The number of hydrogen-bond donors (Lipinski definition) is 1. The van der Waals surface area contributed by atoms with Crippen molar-refractivity contribution in [3.63, 3.8) is 0 Å². The van der Waals surface area contributed by atoms with E-state index in [9.17, 15) is 18.0 Å². The predicted molar refractivity (Wildman–Crippen MR) is 94.7 cm³/mol. The highest BCUT2D eigenvalue weighted by molar-refractivity contribution is 5.87. The van der Waals surface area contributed by atoms with E-state index in [1.807, 2.05) is 60.7 Å². The molecule has 0 radical (unpaired) electrons. The number of benzene rings is 2. The van der Waals surface area contributed by atoms with Crippen LogP contribution in [0.3, 0.4) is 0 Å². The van der Waals surface area contributed by atoms with Crippen molar-refractivity contribution >= 4 is 5.91 Å². The first-order valence-corrected chi connectivity index (χ1v) is 8.94. The van der Waals surface area contributed by atoms with Crippen LogP contribution in [0.5, 0.6) is 0 Å². The maximum Gasteiger partial charge on any atom is 0.393 e. The van der Waals surface area contributed by atoms with Crippen molar-refractivity contribution in [3.8, 4) is 0 Å². The first-order chi connectivity index (χ1) is 12.5. The van der Waals surface area contributed by atoms with E-state index in [4.69, 9.17) is 0 Å². The van der Waals surface area contributed by atoms with Gasteiger partial charge in [-0.15, -0.1) is 0 Å². The smallest absolute Gasteiger partial charge is 0.352 e. The summed E-state index contributed by atoms with van der Waals surface area (Å²) in [6.45, 7) is 0. The van der Waals surface area contributed by atoms with Crippen LogP contribution in [0.4, 0.5) is 13.2 Å². The van der Waals surface area contributed by atoms with Crippen LogP contribution in [0, 0.1) is 5.92 Å². The molecule has 5 heteroatoms. The third-order valence-electron chi connectivity index (χ3n) is 5.04. The SMILES string of the molecule is O=C(N[C@H]1CCCC[C@H]1C(F)(F)F)C(c1ccccc1)c1ccccc1. The minimum Gasteiger partial charge on any atom is -0.352 e. The summed E-state index contributed by atoms with van der Waals surface area (Å²) in [6, 6.07) is 17.5. The number of hydrogen-bond acceptors (Lipinski definition) is 1. The van der Waals surface area contributed by atoms with Gasteiger partial charge in [0.15, 0.2) is 0 Å². The summed E-state index contributed by atoms with van der Waals surface area (Å²) in [5.41, 5.74) is 1.55. The minimum atomic E-state index is -4.28. The average molecular weight is 361 g/mol. The normalized spacial score (nSPS) is 20.8. The molecule has 0 saturated heterocycles. The van der Waals surface area contributed by atoms with Gasteiger partial charge in [-0.25, -0.2) is 0 Å². The second-order valence-corrected chi connectivity index (χ2v) is 6.80. The lowest BCUT2D eigenvalue weighted by Gasteiger charge is -2.34. The molecule has 1 aliphatic rings. The van der Waals surface area contributed by atoms with Gasteiger partial charge >= 0.3 is 6.18 Å². The Morgan fingerprint density at radius 1 is 0.885 bits per heavy atom. The maximum absolute atomic E-state index is 13.3. The molecule has 0 heterocycles. The fourth-order valence-corrected chi connectivity index (χ4v) is 3.75. The van der Waals surface area contributed by atoms with E-state index < -0.39 is 24.1 Å². The Balaban J connectivity index is 1.86. The summed E-state index contributed by atoms with van der Waals surface area (Å²) < 4.78 is 40.0.